The van der Waals surface area contributed by atoms with Crippen molar-refractivity contribution in [3.8, 4) is 5.75 Å². The molecule has 0 aliphatic heterocycles. The molecule has 0 saturated carbocycles. The van der Waals surface area contributed by atoms with Crippen molar-refractivity contribution in [3.05, 3.63) is 72.4 Å². The lowest BCUT2D eigenvalue weighted by Crippen LogP contribution is -1.95. The fourth-order valence-corrected chi connectivity index (χ4v) is 1.80. The molecule has 96 valence electrons. The summed E-state index contributed by atoms with van der Waals surface area (Å²) < 4.78 is 5.11. The molecule has 2 aromatic carbocycles. The van der Waals surface area contributed by atoms with E-state index in [-0.39, 0.29) is 0 Å². The highest BCUT2D eigenvalue weighted by molar-refractivity contribution is 7.81. The largest absolute Gasteiger partial charge is 0.497 e. The summed E-state index contributed by atoms with van der Waals surface area (Å²) in [6.07, 6.45) is 3.73. The zero-order valence-electron chi connectivity index (χ0n) is 10.7. The maximum atomic E-state index is 5.35. The summed E-state index contributed by atoms with van der Waals surface area (Å²) in [5, 5.41) is 3.18. The number of ether oxygens (including phenoxy) is 1. The molecule has 2 aromatic rings. The molecule has 0 amide bonds. The molecule has 0 fully saturated rings. The molecule has 0 atom stereocenters. The van der Waals surface area contributed by atoms with Crippen LogP contribution >= 0.6 is 12.2 Å². The Balaban J connectivity index is 1.96. The van der Waals surface area contributed by atoms with E-state index in [4.69, 9.17) is 17.0 Å². The molecule has 3 heteroatoms. The average Bonchev–Trinajstić information content (AvgIpc) is 2.48. The lowest BCUT2D eigenvalue weighted by molar-refractivity contribution is 0.415. The first kappa shape index (κ1) is 13.3. The molecule has 2 rings (SSSR count). The van der Waals surface area contributed by atoms with Gasteiger partial charge in [0.2, 0.25) is 0 Å². The summed E-state index contributed by atoms with van der Waals surface area (Å²) in [5.74, 6) is 0.831. The SMILES string of the molecule is COc1ccc(C(=S)/C=C/Nc2ccccc2)cc1. The number of para-hydroxylation sites is 1. The van der Waals surface area contributed by atoms with Crippen LogP contribution in [0.15, 0.2) is 66.9 Å². The normalized spacial score (nSPS) is 10.4. The Labute approximate surface area is 118 Å². The van der Waals surface area contributed by atoms with Crippen molar-refractivity contribution in [2.45, 2.75) is 0 Å². The Morgan fingerprint density at radius 1 is 1.05 bits per heavy atom. The van der Waals surface area contributed by atoms with E-state index >= 15 is 0 Å². The van der Waals surface area contributed by atoms with E-state index in [2.05, 4.69) is 5.32 Å². The number of thiocarbonyl (C=S) groups is 1. The molecular weight excluding hydrogens is 254 g/mol. The first-order valence-corrected chi connectivity index (χ1v) is 6.37. The van der Waals surface area contributed by atoms with Crippen LogP contribution in [0.2, 0.25) is 0 Å². The number of hydrogen-bond acceptors (Lipinski definition) is 3. The Morgan fingerprint density at radius 2 is 1.74 bits per heavy atom. The van der Waals surface area contributed by atoms with Crippen molar-refractivity contribution < 1.29 is 4.74 Å². The number of benzene rings is 2. The number of rotatable bonds is 5. The Kier molecular flexibility index (Phi) is 4.70. The van der Waals surface area contributed by atoms with Gasteiger partial charge in [-0.05, 0) is 48.0 Å². The van der Waals surface area contributed by atoms with Crippen molar-refractivity contribution >= 4 is 22.8 Å². The fourth-order valence-electron chi connectivity index (χ4n) is 1.60. The number of allylic oxidation sites excluding steroid dienone is 1. The average molecular weight is 269 g/mol. The minimum absolute atomic E-state index is 0.783. The molecule has 0 radical (unpaired) electrons. The van der Waals surface area contributed by atoms with Gasteiger partial charge in [-0.25, -0.2) is 0 Å². The first-order valence-electron chi connectivity index (χ1n) is 5.96. The van der Waals surface area contributed by atoms with Gasteiger partial charge in [0.15, 0.2) is 0 Å². The predicted octanol–water partition coefficient (Wildman–Crippen LogP) is 4.04. The van der Waals surface area contributed by atoms with Crippen LogP contribution in [0.5, 0.6) is 5.75 Å². The summed E-state index contributed by atoms with van der Waals surface area (Å²) in [5.41, 5.74) is 2.04. The van der Waals surface area contributed by atoms with E-state index in [0.29, 0.717) is 0 Å². The van der Waals surface area contributed by atoms with Crippen LogP contribution in [0, 0.1) is 0 Å². The van der Waals surface area contributed by atoms with Crippen LogP contribution in [0.1, 0.15) is 5.56 Å². The molecule has 0 aromatic heterocycles. The van der Waals surface area contributed by atoms with Crippen LogP contribution in [0.3, 0.4) is 0 Å². The number of methoxy groups -OCH3 is 1. The highest BCUT2D eigenvalue weighted by Gasteiger charge is 1.97. The quantitative estimate of drug-likeness (QED) is 0.503. The smallest absolute Gasteiger partial charge is 0.118 e. The van der Waals surface area contributed by atoms with Gasteiger partial charge >= 0.3 is 0 Å². The summed E-state index contributed by atoms with van der Waals surface area (Å²) >= 11 is 5.35. The molecule has 0 unspecified atom stereocenters. The Morgan fingerprint density at radius 3 is 2.37 bits per heavy atom. The van der Waals surface area contributed by atoms with E-state index in [1.54, 1.807) is 7.11 Å². The molecule has 1 N–H and O–H groups in total. The van der Waals surface area contributed by atoms with Gasteiger partial charge in [0, 0.05) is 16.8 Å². The Bertz CT molecular complexity index is 561. The van der Waals surface area contributed by atoms with Crippen molar-refractivity contribution in [3.63, 3.8) is 0 Å². The topological polar surface area (TPSA) is 21.3 Å². The second-order valence-electron chi connectivity index (χ2n) is 3.94. The maximum Gasteiger partial charge on any atom is 0.118 e. The summed E-state index contributed by atoms with van der Waals surface area (Å²) in [6.45, 7) is 0. The number of nitrogens with one attached hydrogen (secondary N) is 1. The monoisotopic (exact) mass is 269 g/mol. The van der Waals surface area contributed by atoms with E-state index in [0.717, 1.165) is 21.9 Å². The van der Waals surface area contributed by atoms with Gasteiger partial charge in [0.25, 0.3) is 0 Å². The number of anilines is 1. The van der Waals surface area contributed by atoms with Gasteiger partial charge in [0.1, 0.15) is 5.75 Å². The fraction of sp³-hybridized carbons (Fsp3) is 0.0625. The molecular formula is C16H15NOS. The molecule has 2 nitrogen and oxygen atoms in total. The van der Waals surface area contributed by atoms with Gasteiger partial charge in [-0.3, -0.25) is 0 Å². The maximum absolute atomic E-state index is 5.35. The molecule has 0 heterocycles. The van der Waals surface area contributed by atoms with Crippen LogP contribution in [-0.4, -0.2) is 12.0 Å². The van der Waals surface area contributed by atoms with Crippen molar-refractivity contribution in [2.75, 3.05) is 12.4 Å². The molecule has 0 aliphatic rings. The highest BCUT2D eigenvalue weighted by atomic mass is 32.1. The van der Waals surface area contributed by atoms with Crippen LogP contribution in [0.25, 0.3) is 0 Å². The van der Waals surface area contributed by atoms with Crippen molar-refractivity contribution in [1.82, 2.24) is 0 Å². The Hall–Kier alpha value is -2.13. The van der Waals surface area contributed by atoms with Gasteiger partial charge in [-0.2, -0.15) is 0 Å². The highest BCUT2D eigenvalue weighted by Crippen LogP contribution is 2.13. The standard InChI is InChI=1S/C16H15NOS/c1-18-15-9-7-13(8-10-15)16(19)11-12-17-14-5-3-2-4-6-14/h2-12,17H,1H3/b12-11+. The van der Waals surface area contributed by atoms with Gasteiger partial charge in [-0.15, -0.1) is 0 Å². The van der Waals surface area contributed by atoms with Crippen LogP contribution < -0.4 is 10.1 Å². The third kappa shape index (κ3) is 3.93. The first-order chi connectivity index (χ1) is 9.29. The van der Waals surface area contributed by atoms with Gasteiger partial charge in [-0.1, -0.05) is 30.4 Å². The molecule has 0 bridgehead atoms. The van der Waals surface area contributed by atoms with Gasteiger partial charge in [0.05, 0.1) is 7.11 Å². The minimum atomic E-state index is 0.783. The third-order valence-electron chi connectivity index (χ3n) is 2.63. The van der Waals surface area contributed by atoms with E-state index < -0.39 is 0 Å². The molecule has 0 saturated heterocycles. The minimum Gasteiger partial charge on any atom is -0.497 e. The van der Waals surface area contributed by atoms with E-state index in [1.165, 1.54) is 0 Å². The van der Waals surface area contributed by atoms with Crippen LogP contribution in [-0.2, 0) is 0 Å². The number of hydrogen-bond donors (Lipinski definition) is 1. The van der Waals surface area contributed by atoms with Crippen LogP contribution in [0.4, 0.5) is 5.69 Å². The zero-order chi connectivity index (χ0) is 13.5. The summed E-state index contributed by atoms with van der Waals surface area (Å²) in [7, 11) is 1.65. The second-order valence-corrected chi connectivity index (χ2v) is 4.38. The second kappa shape index (κ2) is 6.71. The van der Waals surface area contributed by atoms with E-state index in [9.17, 15) is 0 Å². The third-order valence-corrected chi connectivity index (χ3v) is 3.00. The van der Waals surface area contributed by atoms with E-state index in [1.807, 2.05) is 66.9 Å². The molecule has 19 heavy (non-hydrogen) atoms. The van der Waals surface area contributed by atoms with Crippen molar-refractivity contribution in [2.24, 2.45) is 0 Å². The predicted molar refractivity (Wildman–Crippen MR) is 83.9 cm³/mol. The molecule has 0 aliphatic carbocycles. The van der Waals surface area contributed by atoms with Crippen molar-refractivity contribution in [1.29, 1.82) is 0 Å². The summed E-state index contributed by atoms with van der Waals surface area (Å²) in [4.78, 5) is 0.783. The molecule has 0 spiro atoms. The van der Waals surface area contributed by atoms with Gasteiger partial charge < -0.3 is 10.1 Å². The lowest BCUT2D eigenvalue weighted by Gasteiger charge is -2.02. The zero-order valence-corrected chi connectivity index (χ0v) is 11.5. The lowest BCUT2D eigenvalue weighted by atomic mass is 10.1. The summed E-state index contributed by atoms with van der Waals surface area (Å²) in [6, 6.07) is 17.7.